The van der Waals surface area contributed by atoms with E-state index in [1.54, 1.807) is 12.1 Å². The zero-order valence-corrected chi connectivity index (χ0v) is 16.8. The molecule has 4 heteroatoms. The van der Waals surface area contributed by atoms with Crippen LogP contribution < -0.4 is 4.74 Å². The Kier molecular flexibility index (Phi) is 6.46. The summed E-state index contributed by atoms with van der Waals surface area (Å²) < 4.78 is 28.9. The van der Waals surface area contributed by atoms with Crippen LogP contribution in [0, 0.1) is 5.92 Å². The van der Waals surface area contributed by atoms with E-state index >= 15 is 0 Å². The fraction of sp³-hybridized carbons (Fsp3) is 0.455. The van der Waals surface area contributed by atoms with Crippen LogP contribution in [0.2, 0.25) is 18.1 Å². The van der Waals surface area contributed by atoms with E-state index in [9.17, 15) is 8.78 Å². The third-order valence-corrected chi connectivity index (χ3v) is 9.36. The average Bonchev–Trinajstić information content (AvgIpc) is 2.62. The molecule has 0 aliphatic carbocycles. The third-order valence-electron chi connectivity index (χ3n) is 5.45. The molecule has 1 fully saturated rings. The molecule has 3 rings (SSSR count). The van der Waals surface area contributed by atoms with Gasteiger partial charge < -0.3 is 4.74 Å². The van der Waals surface area contributed by atoms with Crippen molar-refractivity contribution in [1.82, 2.24) is 0 Å². The van der Waals surface area contributed by atoms with Crippen molar-refractivity contribution in [2.75, 3.05) is 0 Å². The molecule has 1 aliphatic heterocycles. The van der Waals surface area contributed by atoms with E-state index in [0.717, 1.165) is 17.0 Å². The number of hydrogen-bond acceptors (Lipinski definition) is 1. The SMILES string of the molecule is CC(C)C[SiH]1CCC(c2ccc(-c3ccc(OC(F)F)cc3)cc2)CC1. The average molecular weight is 375 g/mol. The van der Waals surface area contributed by atoms with Crippen molar-refractivity contribution in [3.63, 3.8) is 0 Å². The van der Waals surface area contributed by atoms with Crippen molar-refractivity contribution < 1.29 is 13.5 Å². The Morgan fingerprint density at radius 1 is 0.923 bits per heavy atom. The zero-order valence-electron chi connectivity index (χ0n) is 15.6. The Morgan fingerprint density at radius 2 is 1.46 bits per heavy atom. The molecule has 26 heavy (non-hydrogen) atoms. The number of alkyl halides is 2. The normalized spacial score (nSPS) is 20.5. The van der Waals surface area contributed by atoms with E-state index in [4.69, 9.17) is 0 Å². The van der Waals surface area contributed by atoms with Gasteiger partial charge in [0.05, 0.1) is 0 Å². The Balaban J connectivity index is 1.60. The second-order valence-electron chi connectivity index (χ2n) is 7.87. The molecule has 1 heterocycles. The molecule has 0 aromatic heterocycles. The van der Waals surface area contributed by atoms with Crippen LogP contribution in [-0.2, 0) is 0 Å². The van der Waals surface area contributed by atoms with E-state index in [2.05, 4.69) is 42.8 Å². The number of hydrogen-bond donors (Lipinski definition) is 0. The summed E-state index contributed by atoms with van der Waals surface area (Å²) in [6.45, 7) is 1.92. The lowest BCUT2D eigenvalue weighted by molar-refractivity contribution is -0.0498. The predicted octanol–water partition coefficient (Wildman–Crippen LogP) is 6.72. The van der Waals surface area contributed by atoms with Crippen molar-refractivity contribution in [2.24, 2.45) is 5.92 Å². The topological polar surface area (TPSA) is 9.23 Å². The molecule has 0 radical (unpaired) electrons. The molecule has 0 spiro atoms. The number of rotatable bonds is 6. The fourth-order valence-electron chi connectivity index (χ4n) is 4.17. The molecule has 0 unspecified atom stereocenters. The lowest BCUT2D eigenvalue weighted by Gasteiger charge is -2.29. The standard InChI is InChI=1S/C22H28F2OSi/c1-16(2)15-26-13-11-20(12-14-26)18-5-3-17(4-6-18)19-7-9-21(10-8-19)25-22(23)24/h3-10,16,20,22,26H,11-15H2,1-2H3. The number of halogens is 2. The highest BCUT2D eigenvalue weighted by Gasteiger charge is 2.23. The largest absolute Gasteiger partial charge is 0.435 e. The van der Waals surface area contributed by atoms with Crippen LogP contribution >= 0.6 is 0 Å². The van der Waals surface area contributed by atoms with Crippen LogP contribution in [0.15, 0.2) is 48.5 Å². The lowest BCUT2D eigenvalue weighted by atomic mass is 9.92. The van der Waals surface area contributed by atoms with E-state index in [1.165, 1.54) is 36.5 Å². The first-order chi connectivity index (χ1) is 12.5. The van der Waals surface area contributed by atoms with Crippen molar-refractivity contribution in [1.29, 1.82) is 0 Å². The number of ether oxygens (including phenoxy) is 1. The summed E-state index contributed by atoms with van der Waals surface area (Å²) in [4.78, 5) is 0. The van der Waals surface area contributed by atoms with Gasteiger partial charge in [0.25, 0.3) is 0 Å². The summed E-state index contributed by atoms with van der Waals surface area (Å²) in [6.07, 6.45) is 2.70. The maximum absolute atomic E-state index is 12.2. The minimum absolute atomic E-state index is 0.197. The predicted molar refractivity (Wildman–Crippen MR) is 107 cm³/mol. The molecule has 0 atom stereocenters. The zero-order chi connectivity index (χ0) is 18.5. The third kappa shape index (κ3) is 5.16. The van der Waals surface area contributed by atoms with Gasteiger partial charge in [-0.15, -0.1) is 0 Å². The van der Waals surface area contributed by atoms with E-state index in [0.29, 0.717) is 5.92 Å². The second-order valence-corrected chi connectivity index (χ2v) is 11.2. The van der Waals surface area contributed by atoms with E-state index in [1.807, 2.05) is 12.1 Å². The maximum atomic E-state index is 12.2. The summed E-state index contributed by atoms with van der Waals surface area (Å²) >= 11 is 0. The van der Waals surface area contributed by atoms with Crippen LogP contribution in [-0.4, -0.2) is 15.4 Å². The van der Waals surface area contributed by atoms with E-state index in [-0.39, 0.29) is 5.75 Å². The second kappa shape index (κ2) is 8.80. The van der Waals surface area contributed by atoms with Crippen LogP contribution in [0.4, 0.5) is 8.78 Å². The van der Waals surface area contributed by atoms with Crippen molar-refractivity contribution in [2.45, 2.75) is 57.4 Å². The molecule has 2 aromatic carbocycles. The molecular formula is C22H28F2OSi. The minimum Gasteiger partial charge on any atom is -0.435 e. The first kappa shape index (κ1) is 19.1. The van der Waals surface area contributed by atoms with Crippen LogP contribution in [0.25, 0.3) is 11.1 Å². The van der Waals surface area contributed by atoms with Gasteiger partial charge in [-0.25, -0.2) is 0 Å². The van der Waals surface area contributed by atoms with Gasteiger partial charge in [0, 0.05) is 8.80 Å². The molecule has 1 aliphatic rings. The van der Waals surface area contributed by atoms with Gasteiger partial charge in [0.1, 0.15) is 5.75 Å². The Labute approximate surface area is 157 Å². The van der Waals surface area contributed by atoms with Crippen LogP contribution in [0.1, 0.15) is 38.2 Å². The first-order valence-corrected chi connectivity index (χ1v) is 12.1. The Bertz CT molecular complexity index is 674. The molecule has 0 N–H and O–H groups in total. The highest BCUT2D eigenvalue weighted by atomic mass is 28.3. The van der Waals surface area contributed by atoms with Gasteiger partial charge in [-0.05, 0) is 53.5 Å². The summed E-state index contributed by atoms with van der Waals surface area (Å²) in [6, 6.07) is 20.1. The molecule has 0 saturated carbocycles. The lowest BCUT2D eigenvalue weighted by Crippen LogP contribution is -2.21. The summed E-state index contributed by atoms with van der Waals surface area (Å²) in [7, 11) is -0.486. The van der Waals surface area contributed by atoms with Crippen molar-refractivity contribution in [3.05, 3.63) is 54.1 Å². The summed E-state index contributed by atoms with van der Waals surface area (Å²) in [5, 5.41) is 0. The van der Waals surface area contributed by atoms with Gasteiger partial charge in [-0.2, -0.15) is 8.78 Å². The molecule has 2 aromatic rings. The molecular weight excluding hydrogens is 346 g/mol. The van der Waals surface area contributed by atoms with Crippen molar-refractivity contribution in [3.8, 4) is 16.9 Å². The maximum Gasteiger partial charge on any atom is 0.387 e. The number of benzene rings is 2. The monoisotopic (exact) mass is 374 g/mol. The van der Waals surface area contributed by atoms with E-state index < -0.39 is 15.4 Å². The fourth-order valence-corrected chi connectivity index (χ4v) is 8.02. The first-order valence-electron chi connectivity index (χ1n) is 9.66. The molecule has 0 amide bonds. The quantitative estimate of drug-likeness (QED) is 0.510. The van der Waals surface area contributed by atoms with Gasteiger partial charge in [-0.3, -0.25) is 0 Å². The molecule has 140 valence electrons. The highest BCUT2D eigenvalue weighted by Crippen LogP contribution is 2.36. The van der Waals surface area contributed by atoms with Gasteiger partial charge in [0.15, 0.2) is 0 Å². The summed E-state index contributed by atoms with van der Waals surface area (Å²) in [5.74, 6) is 1.77. The van der Waals surface area contributed by atoms with Crippen molar-refractivity contribution >= 4 is 8.80 Å². The summed E-state index contributed by atoms with van der Waals surface area (Å²) in [5.41, 5.74) is 3.58. The minimum atomic E-state index is -2.78. The van der Waals surface area contributed by atoms with Gasteiger partial charge >= 0.3 is 6.61 Å². The molecule has 1 saturated heterocycles. The van der Waals surface area contributed by atoms with Gasteiger partial charge in [0.2, 0.25) is 0 Å². The van der Waals surface area contributed by atoms with Crippen LogP contribution in [0.5, 0.6) is 5.75 Å². The molecule has 1 nitrogen and oxygen atoms in total. The van der Waals surface area contributed by atoms with Crippen LogP contribution in [0.3, 0.4) is 0 Å². The Morgan fingerprint density at radius 3 is 1.96 bits per heavy atom. The highest BCUT2D eigenvalue weighted by molar-refractivity contribution is 6.59. The van der Waals surface area contributed by atoms with Gasteiger partial charge in [-0.1, -0.05) is 68.4 Å². The smallest absolute Gasteiger partial charge is 0.387 e. The Hall–Kier alpha value is -1.68. The molecule has 0 bridgehead atoms.